The molecule has 0 aromatic heterocycles. The average molecular weight is 441 g/mol. The van der Waals surface area contributed by atoms with Crippen LogP contribution in [0.2, 0.25) is 0 Å². The van der Waals surface area contributed by atoms with Crippen LogP contribution in [0.3, 0.4) is 0 Å². The van der Waals surface area contributed by atoms with Gasteiger partial charge in [-0.3, -0.25) is 14.4 Å². The first-order valence-electron chi connectivity index (χ1n) is 9.26. The minimum Gasteiger partial charge on any atom is -0.508 e. The third-order valence-electron chi connectivity index (χ3n) is 4.09. The molecular weight excluding hydrogens is 412 g/mol. The zero-order valence-electron chi connectivity index (χ0n) is 16.9. The number of amides is 3. The van der Waals surface area contributed by atoms with Crippen LogP contribution in [-0.2, 0) is 25.6 Å². The first-order chi connectivity index (χ1) is 14.1. The molecule has 0 bridgehead atoms. The lowest BCUT2D eigenvalue weighted by atomic mass is 10.0. The first-order valence-corrected chi connectivity index (χ1v) is 10.7. The second-order valence-corrected chi connectivity index (χ2v) is 7.66. The number of aromatic hydroxyl groups is 1. The lowest BCUT2D eigenvalue weighted by Crippen LogP contribution is -2.54. The van der Waals surface area contributed by atoms with Crippen molar-refractivity contribution in [2.75, 3.05) is 18.6 Å². The van der Waals surface area contributed by atoms with Crippen LogP contribution < -0.4 is 21.7 Å². The molecule has 0 saturated heterocycles. The van der Waals surface area contributed by atoms with E-state index in [2.05, 4.69) is 16.0 Å². The van der Waals surface area contributed by atoms with Crippen LogP contribution in [0, 0.1) is 0 Å². The van der Waals surface area contributed by atoms with Crippen molar-refractivity contribution in [3.63, 3.8) is 0 Å². The van der Waals surface area contributed by atoms with Crippen molar-refractivity contribution in [1.29, 1.82) is 0 Å². The number of carboxylic acids is 1. The highest BCUT2D eigenvalue weighted by Gasteiger charge is 2.26. The second kappa shape index (κ2) is 12.7. The van der Waals surface area contributed by atoms with E-state index in [0.717, 1.165) is 0 Å². The molecule has 7 N–H and O–H groups in total. The first kappa shape index (κ1) is 25.2. The summed E-state index contributed by atoms with van der Waals surface area (Å²) in [5.41, 5.74) is 6.03. The predicted octanol–water partition coefficient (Wildman–Crippen LogP) is -0.795. The summed E-state index contributed by atoms with van der Waals surface area (Å²) in [6, 6.07) is 3.02. The Morgan fingerprint density at radius 2 is 1.70 bits per heavy atom. The van der Waals surface area contributed by atoms with Gasteiger partial charge < -0.3 is 31.9 Å². The van der Waals surface area contributed by atoms with E-state index in [9.17, 15) is 29.4 Å². The van der Waals surface area contributed by atoms with Crippen molar-refractivity contribution in [2.45, 2.75) is 37.9 Å². The van der Waals surface area contributed by atoms with E-state index in [4.69, 9.17) is 5.73 Å². The van der Waals surface area contributed by atoms with Gasteiger partial charge in [0, 0.05) is 6.42 Å². The predicted molar refractivity (Wildman–Crippen MR) is 113 cm³/mol. The summed E-state index contributed by atoms with van der Waals surface area (Å²) in [7, 11) is 0. The van der Waals surface area contributed by atoms with Gasteiger partial charge in [-0.25, -0.2) is 4.79 Å². The number of phenolic OH excluding ortho intramolecular Hbond substituents is 1. The maximum absolute atomic E-state index is 12.6. The summed E-state index contributed by atoms with van der Waals surface area (Å²) in [4.78, 5) is 47.8. The van der Waals surface area contributed by atoms with Gasteiger partial charge in [-0.05, 0) is 43.0 Å². The normalized spacial score (nSPS) is 13.6. The van der Waals surface area contributed by atoms with Gasteiger partial charge in [-0.15, -0.1) is 0 Å². The topological polar surface area (TPSA) is 171 Å². The van der Waals surface area contributed by atoms with Crippen LogP contribution in [0.25, 0.3) is 0 Å². The van der Waals surface area contributed by atoms with Crippen LogP contribution in [-0.4, -0.2) is 70.6 Å². The molecule has 0 aliphatic rings. The Morgan fingerprint density at radius 1 is 1.07 bits per heavy atom. The Kier molecular flexibility index (Phi) is 10.7. The van der Waals surface area contributed by atoms with Crippen molar-refractivity contribution < 1.29 is 29.4 Å². The van der Waals surface area contributed by atoms with E-state index in [-0.39, 0.29) is 25.1 Å². The second-order valence-electron chi connectivity index (χ2n) is 6.68. The van der Waals surface area contributed by atoms with Gasteiger partial charge in [0.15, 0.2) is 0 Å². The van der Waals surface area contributed by atoms with Gasteiger partial charge >= 0.3 is 5.97 Å². The lowest BCUT2D eigenvalue weighted by molar-refractivity contribution is -0.142. The Morgan fingerprint density at radius 3 is 2.23 bits per heavy atom. The monoisotopic (exact) mass is 440 g/mol. The number of rotatable bonds is 12. The highest BCUT2D eigenvalue weighted by Crippen LogP contribution is 2.12. The van der Waals surface area contributed by atoms with Crippen LogP contribution in [0.4, 0.5) is 0 Å². The molecule has 30 heavy (non-hydrogen) atoms. The van der Waals surface area contributed by atoms with Gasteiger partial charge in [0.05, 0.1) is 12.6 Å². The van der Waals surface area contributed by atoms with Crippen molar-refractivity contribution in [3.8, 4) is 5.75 Å². The number of hydrogen-bond acceptors (Lipinski definition) is 7. The smallest absolute Gasteiger partial charge is 0.326 e. The van der Waals surface area contributed by atoms with Crippen LogP contribution in [0.1, 0.15) is 18.9 Å². The van der Waals surface area contributed by atoms with Gasteiger partial charge in [0.1, 0.15) is 17.8 Å². The van der Waals surface area contributed by atoms with Crippen LogP contribution in [0.5, 0.6) is 5.75 Å². The number of aliphatic carboxylic acids is 1. The largest absolute Gasteiger partial charge is 0.508 e. The summed E-state index contributed by atoms with van der Waals surface area (Å²) >= 11 is 1.47. The van der Waals surface area contributed by atoms with E-state index >= 15 is 0 Å². The summed E-state index contributed by atoms with van der Waals surface area (Å²) < 4.78 is 0. The zero-order valence-corrected chi connectivity index (χ0v) is 17.7. The molecule has 1 aromatic carbocycles. The van der Waals surface area contributed by atoms with Crippen molar-refractivity contribution in [3.05, 3.63) is 29.8 Å². The molecule has 3 unspecified atom stereocenters. The highest BCUT2D eigenvalue weighted by molar-refractivity contribution is 7.98. The van der Waals surface area contributed by atoms with Crippen LogP contribution >= 0.6 is 11.8 Å². The number of phenols is 1. The van der Waals surface area contributed by atoms with Crippen molar-refractivity contribution in [2.24, 2.45) is 5.73 Å². The number of hydrogen-bond donors (Lipinski definition) is 6. The fraction of sp³-hybridized carbons (Fsp3) is 0.474. The fourth-order valence-electron chi connectivity index (χ4n) is 2.42. The minimum absolute atomic E-state index is 0.00892. The Balaban J connectivity index is 2.76. The van der Waals surface area contributed by atoms with Crippen LogP contribution in [0.15, 0.2) is 24.3 Å². The number of carboxylic acid groups (broad SMARTS) is 1. The van der Waals surface area contributed by atoms with E-state index in [1.807, 2.05) is 6.26 Å². The van der Waals surface area contributed by atoms with Gasteiger partial charge in [-0.1, -0.05) is 12.1 Å². The molecule has 11 heteroatoms. The zero-order chi connectivity index (χ0) is 22.7. The van der Waals surface area contributed by atoms with E-state index in [1.54, 1.807) is 12.1 Å². The molecule has 0 saturated carbocycles. The lowest BCUT2D eigenvalue weighted by Gasteiger charge is -2.21. The SMILES string of the molecule is CSCCC(NC(=O)CNC(=O)C(C)N)C(=O)NC(Cc1ccc(O)cc1)C(=O)O. The summed E-state index contributed by atoms with van der Waals surface area (Å²) in [5, 5.41) is 26.1. The molecule has 0 radical (unpaired) electrons. The minimum atomic E-state index is -1.23. The van der Waals surface area contributed by atoms with E-state index in [1.165, 1.54) is 30.8 Å². The van der Waals surface area contributed by atoms with Gasteiger partial charge in [0.2, 0.25) is 17.7 Å². The van der Waals surface area contributed by atoms with Crippen molar-refractivity contribution >= 4 is 35.5 Å². The summed E-state index contributed by atoms with van der Waals surface area (Å²) in [6.45, 7) is 1.13. The highest BCUT2D eigenvalue weighted by atomic mass is 32.2. The number of nitrogens with one attached hydrogen (secondary N) is 3. The Hall–Kier alpha value is -2.79. The molecule has 1 rings (SSSR count). The van der Waals surface area contributed by atoms with E-state index in [0.29, 0.717) is 11.3 Å². The fourth-order valence-corrected chi connectivity index (χ4v) is 2.89. The van der Waals surface area contributed by atoms with Crippen molar-refractivity contribution in [1.82, 2.24) is 16.0 Å². The standard InChI is InChI=1S/C19H28N4O6S/c1-11(20)17(26)21-10-16(25)22-14(7-8-30-2)18(27)23-15(19(28)29)9-12-3-5-13(24)6-4-12/h3-6,11,14-15,24H,7-10,20H2,1-2H3,(H,21,26)(H,22,25)(H,23,27)(H,28,29). The number of carbonyl (C=O) groups excluding carboxylic acids is 3. The maximum atomic E-state index is 12.6. The number of carbonyl (C=O) groups is 4. The molecule has 1 aromatic rings. The molecule has 166 valence electrons. The summed E-state index contributed by atoms with van der Waals surface area (Å²) in [5.74, 6) is -2.35. The Bertz CT molecular complexity index is 741. The molecule has 10 nitrogen and oxygen atoms in total. The Labute approximate surface area is 179 Å². The quantitative estimate of drug-likeness (QED) is 0.245. The van der Waals surface area contributed by atoms with Gasteiger partial charge in [0.25, 0.3) is 0 Å². The maximum Gasteiger partial charge on any atom is 0.326 e. The number of thioether (sulfide) groups is 1. The molecule has 0 spiro atoms. The summed E-state index contributed by atoms with van der Waals surface area (Å²) in [6.07, 6.45) is 2.13. The molecule has 0 fully saturated rings. The average Bonchev–Trinajstić information content (AvgIpc) is 2.69. The third-order valence-corrected chi connectivity index (χ3v) is 4.73. The third kappa shape index (κ3) is 9.14. The number of nitrogens with two attached hydrogens (primary N) is 1. The molecular formula is C19H28N4O6S. The van der Waals surface area contributed by atoms with Gasteiger partial charge in [-0.2, -0.15) is 11.8 Å². The van der Waals surface area contributed by atoms with E-state index < -0.39 is 41.8 Å². The molecule has 0 aliphatic carbocycles. The number of benzene rings is 1. The molecule has 3 amide bonds. The molecule has 3 atom stereocenters. The molecule has 0 heterocycles. The molecule has 0 aliphatic heterocycles.